The van der Waals surface area contributed by atoms with E-state index in [9.17, 15) is 0 Å². The predicted molar refractivity (Wildman–Crippen MR) is 105 cm³/mol. The van der Waals surface area contributed by atoms with E-state index in [1.54, 1.807) is 5.56 Å². The topological polar surface area (TPSA) is 9.23 Å². The minimum Gasteiger partial charge on any atom is -0.420 e. The van der Waals surface area contributed by atoms with Gasteiger partial charge in [0, 0.05) is 15.2 Å². The van der Waals surface area contributed by atoms with E-state index in [2.05, 4.69) is 63.4 Å². The van der Waals surface area contributed by atoms with Crippen LogP contribution in [0.15, 0.2) is 30.3 Å². The molecule has 0 heterocycles. The standard InChI is InChI=1S/C19H36OSi2/c1-7-8-12-19(18-13-10-9-11-14-18)17-21(3,4)15-16-22(5,6)20-2/h9-11,13-14,19H,7-8,12,15-17H2,1-6H3. The average molecular weight is 337 g/mol. The zero-order valence-electron chi connectivity index (χ0n) is 15.6. The Kier molecular flexibility index (Phi) is 8.08. The van der Waals surface area contributed by atoms with Crippen molar-refractivity contribution in [1.82, 2.24) is 0 Å². The van der Waals surface area contributed by atoms with Crippen molar-refractivity contribution in [1.29, 1.82) is 0 Å². The fourth-order valence-electron chi connectivity index (χ4n) is 3.07. The van der Waals surface area contributed by atoms with E-state index in [4.69, 9.17) is 4.43 Å². The molecule has 0 radical (unpaired) electrons. The zero-order chi connectivity index (χ0) is 16.6. The average Bonchev–Trinajstić information content (AvgIpc) is 2.50. The maximum Gasteiger partial charge on any atom is 0.185 e. The molecule has 0 saturated heterocycles. The summed E-state index contributed by atoms with van der Waals surface area (Å²) in [7, 11) is -0.681. The van der Waals surface area contributed by atoms with Gasteiger partial charge in [0.05, 0.1) is 0 Å². The molecule has 3 heteroatoms. The highest BCUT2D eigenvalue weighted by atomic mass is 28.4. The van der Waals surface area contributed by atoms with Gasteiger partial charge in [0.25, 0.3) is 0 Å². The van der Waals surface area contributed by atoms with Crippen LogP contribution in [0.25, 0.3) is 0 Å². The Bertz CT molecular complexity index is 415. The van der Waals surface area contributed by atoms with Crippen LogP contribution in [0.5, 0.6) is 0 Å². The molecule has 0 aliphatic heterocycles. The molecule has 0 fully saturated rings. The molecule has 0 aliphatic carbocycles. The highest BCUT2D eigenvalue weighted by Crippen LogP contribution is 2.34. The first-order valence-electron chi connectivity index (χ1n) is 8.90. The van der Waals surface area contributed by atoms with Crippen LogP contribution in [0, 0.1) is 0 Å². The molecule has 0 N–H and O–H groups in total. The number of rotatable bonds is 10. The quantitative estimate of drug-likeness (QED) is 0.442. The van der Waals surface area contributed by atoms with E-state index >= 15 is 0 Å². The lowest BCUT2D eigenvalue weighted by Crippen LogP contribution is -2.35. The molecule has 1 atom stereocenters. The monoisotopic (exact) mass is 336 g/mol. The van der Waals surface area contributed by atoms with E-state index in [1.807, 2.05) is 7.11 Å². The van der Waals surface area contributed by atoms with Gasteiger partial charge in [-0.25, -0.2) is 0 Å². The fraction of sp³-hybridized carbons (Fsp3) is 0.684. The third-order valence-corrected chi connectivity index (χ3v) is 11.2. The summed E-state index contributed by atoms with van der Waals surface area (Å²) in [6.45, 7) is 12.2. The Hall–Kier alpha value is -0.386. The zero-order valence-corrected chi connectivity index (χ0v) is 17.6. The van der Waals surface area contributed by atoms with E-state index < -0.39 is 16.4 Å². The molecule has 0 saturated carbocycles. The molecular weight excluding hydrogens is 300 g/mol. The van der Waals surface area contributed by atoms with Crippen molar-refractivity contribution >= 4 is 16.4 Å². The van der Waals surface area contributed by atoms with Crippen molar-refractivity contribution in [3.8, 4) is 0 Å². The SMILES string of the molecule is CCCCC(C[Si](C)(C)CC[Si](C)(C)OC)c1ccccc1. The first kappa shape index (κ1) is 19.7. The van der Waals surface area contributed by atoms with Gasteiger partial charge in [-0.1, -0.05) is 75.3 Å². The van der Waals surface area contributed by atoms with Crippen molar-refractivity contribution in [3.63, 3.8) is 0 Å². The molecule has 1 unspecified atom stereocenters. The van der Waals surface area contributed by atoms with Gasteiger partial charge >= 0.3 is 0 Å². The lowest BCUT2D eigenvalue weighted by atomic mass is 9.95. The van der Waals surface area contributed by atoms with E-state index in [0.29, 0.717) is 0 Å². The minimum atomic E-state index is -1.41. The summed E-state index contributed by atoms with van der Waals surface area (Å²) in [6.07, 6.45) is 4.00. The maximum atomic E-state index is 5.75. The van der Waals surface area contributed by atoms with Gasteiger partial charge < -0.3 is 4.43 Å². The highest BCUT2D eigenvalue weighted by Gasteiger charge is 2.30. The normalized spacial score (nSPS) is 14.1. The smallest absolute Gasteiger partial charge is 0.185 e. The van der Waals surface area contributed by atoms with Crippen LogP contribution >= 0.6 is 0 Å². The van der Waals surface area contributed by atoms with Gasteiger partial charge in [0.15, 0.2) is 8.32 Å². The molecule has 1 aromatic rings. The van der Waals surface area contributed by atoms with Gasteiger partial charge in [-0.2, -0.15) is 0 Å². The molecule has 1 rings (SSSR count). The molecule has 1 aromatic carbocycles. The third kappa shape index (κ3) is 7.25. The summed E-state index contributed by atoms with van der Waals surface area (Å²) >= 11 is 0. The van der Waals surface area contributed by atoms with E-state index in [0.717, 1.165) is 5.92 Å². The summed E-state index contributed by atoms with van der Waals surface area (Å²) in [6, 6.07) is 15.3. The van der Waals surface area contributed by atoms with Gasteiger partial charge in [0.2, 0.25) is 0 Å². The molecular formula is C19H36OSi2. The number of hydrogen-bond acceptors (Lipinski definition) is 1. The summed E-state index contributed by atoms with van der Waals surface area (Å²) in [4.78, 5) is 0. The molecule has 1 nitrogen and oxygen atoms in total. The Labute approximate surface area is 140 Å². The molecule has 126 valence electrons. The second-order valence-electron chi connectivity index (χ2n) is 8.08. The van der Waals surface area contributed by atoms with Crippen LogP contribution in [-0.2, 0) is 4.43 Å². The second kappa shape index (κ2) is 9.04. The summed E-state index contributed by atoms with van der Waals surface area (Å²) in [5.41, 5.74) is 1.56. The first-order valence-corrected chi connectivity index (χ1v) is 15.4. The van der Waals surface area contributed by atoms with Gasteiger partial charge in [-0.3, -0.25) is 0 Å². The Balaban J connectivity index is 2.71. The first-order chi connectivity index (χ1) is 10.3. The summed E-state index contributed by atoms with van der Waals surface area (Å²) in [5, 5.41) is 0. The number of benzene rings is 1. The van der Waals surface area contributed by atoms with Crippen LogP contribution in [0.2, 0.25) is 44.3 Å². The summed E-state index contributed by atoms with van der Waals surface area (Å²) < 4.78 is 5.75. The van der Waals surface area contributed by atoms with Gasteiger partial charge in [-0.15, -0.1) is 0 Å². The third-order valence-electron chi connectivity index (χ3n) is 4.93. The second-order valence-corrected chi connectivity index (χ2v) is 17.7. The fourth-order valence-corrected chi connectivity index (χ4v) is 10.4. The molecule has 0 amide bonds. The maximum absolute atomic E-state index is 5.75. The van der Waals surface area contributed by atoms with E-state index in [-0.39, 0.29) is 0 Å². The predicted octanol–water partition coefficient (Wildman–Crippen LogP) is 6.52. The minimum absolute atomic E-state index is 0.759. The van der Waals surface area contributed by atoms with Crippen molar-refractivity contribution in [2.75, 3.05) is 7.11 Å². The Morgan fingerprint density at radius 2 is 1.64 bits per heavy atom. The van der Waals surface area contributed by atoms with Crippen LogP contribution in [0.4, 0.5) is 0 Å². The molecule has 0 aromatic heterocycles. The van der Waals surface area contributed by atoms with Crippen molar-refractivity contribution < 1.29 is 4.43 Å². The Morgan fingerprint density at radius 1 is 1.00 bits per heavy atom. The van der Waals surface area contributed by atoms with Crippen LogP contribution < -0.4 is 0 Å². The highest BCUT2D eigenvalue weighted by molar-refractivity contribution is 6.80. The molecule has 22 heavy (non-hydrogen) atoms. The van der Waals surface area contributed by atoms with Crippen LogP contribution in [0.1, 0.15) is 37.7 Å². The lowest BCUT2D eigenvalue weighted by molar-refractivity contribution is 0.405. The van der Waals surface area contributed by atoms with Gasteiger partial charge in [0.1, 0.15) is 0 Å². The number of hydrogen-bond donors (Lipinski definition) is 0. The summed E-state index contributed by atoms with van der Waals surface area (Å²) in [5.74, 6) is 0.759. The van der Waals surface area contributed by atoms with Crippen LogP contribution in [0.3, 0.4) is 0 Å². The van der Waals surface area contributed by atoms with E-state index in [1.165, 1.54) is 37.4 Å². The van der Waals surface area contributed by atoms with Crippen molar-refractivity contribution in [3.05, 3.63) is 35.9 Å². The number of unbranched alkanes of at least 4 members (excludes halogenated alkanes) is 1. The molecule has 0 bridgehead atoms. The van der Waals surface area contributed by atoms with Crippen LogP contribution in [-0.4, -0.2) is 23.5 Å². The van der Waals surface area contributed by atoms with Crippen molar-refractivity contribution in [2.45, 2.75) is 76.4 Å². The largest absolute Gasteiger partial charge is 0.420 e. The van der Waals surface area contributed by atoms with Crippen molar-refractivity contribution in [2.24, 2.45) is 0 Å². The van der Waals surface area contributed by atoms with Gasteiger partial charge in [-0.05, 0) is 37.0 Å². The Morgan fingerprint density at radius 3 is 2.18 bits per heavy atom. The lowest BCUT2D eigenvalue weighted by Gasteiger charge is -2.31. The molecule has 0 aliphatic rings. The molecule has 0 spiro atoms.